The summed E-state index contributed by atoms with van der Waals surface area (Å²) in [5, 5.41) is 30.8. The number of fused-ring (bicyclic) bond motifs is 7. The fourth-order valence-electron chi connectivity index (χ4n) is 13.6. The number of carboxylic acids is 1. The fourth-order valence-corrected chi connectivity index (χ4v) is 13.6. The Kier molecular flexibility index (Phi) is 11.6. The number of aliphatic hydroxyl groups is 1. The molecule has 0 radical (unpaired) electrons. The molecule has 0 aromatic carbocycles. The van der Waals surface area contributed by atoms with Crippen molar-refractivity contribution in [3.05, 3.63) is 35.2 Å². The Balaban J connectivity index is 1.29. The van der Waals surface area contributed by atoms with E-state index in [1.807, 2.05) is 12.1 Å². The summed E-state index contributed by atoms with van der Waals surface area (Å²) in [7, 11) is 4.14. The van der Waals surface area contributed by atoms with Crippen molar-refractivity contribution < 1.29 is 29.3 Å². The number of aliphatic hydroxyl groups excluding tert-OH is 1. The zero-order valence-corrected chi connectivity index (χ0v) is 36.4. The zero-order chi connectivity index (χ0) is 41.2. The zero-order valence-electron chi connectivity index (χ0n) is 36.4. The van der Waals surface area contributed by atoms with Gasteiger partial charge in [-0.1, -0.05) is 54.0 Å². The molecule has 2 N–H and O–H groups in total. The molecular formula is C46H72N4O6. The molecule has 10 heteroatoms. The molecule has 9 unspecified atom stereocenters. The van der Waals surface area contributed by atoms with Crippen LogP contribution in [0.3, 0.4) is 0 Å². The van der Waals surface area contributed by atoms with E-state index in [1.54, 1.807) is 20.0 Å². The van der Waals surface area contributed by atoms with Crippen LogP contribution in [0.4, 0.5) is 0 Å². The van der Waals surface area contributed by atoms with Crippen molar-refractivity contribution in [3.8, 4) is 0 Å². The molecule has 312 valence electrons. The molecule has 1 aromatic heterocycles. The number of likely N-dealkylation sites (N-methyl/N-ethyl adjacent to an activating group) is 1. The predicted octanol–water partition coefficient (Wildman–Crippen LogP) is 7.59. The first-order chi connectivity index (χ1) is 26.0. The minimum absolute atomic E-state index is 0.0344. The summed E-state index contributed by atoms with van der Waals surface area (Å²) >= 11 is 0. The monoisotopic (exact) mass is 777 g/mol. The summed E-state index contributed by atoms with van der Waals surface area (Å²) in [5.74, 6) is -0.0208. The van der Waals surface area contributed by atoms with Gasteiger partial charge in [0.15, 0.2) is 5.78 Å². The molecule has 6 rings (SSSR count). The summed E-state index contributed by atoms with van der Waals surface area (Å²) in [4.78, 5) is 43.7. The summed E-state index contributed by atoms with van der Waals surface area (Å²) in [6.07, 6.45) is 8.76. The third-order valence-corrected chi connectivity index (χ3v) is 16.8. The number of ketones is 1. The number of nitrogens with zero attached hydrogens (tertiary/aromatic N) is 4. The van der Waals surface area contributed by atoms with Gasteiger partial charge < -0.3 is 19.8 Å². The number of allylic oxidation sites excluding steroid dienone is 1. The second-order valence-electron chi connectivity index (χ2n) is 21.3. The molecule has 0 aliphatic heterocycles. The van der Waals surface area contributed by atoms with E-state index in [2.05, 4.69) is 82.6 Å². The highest BCUT2D eigenvalue weighted by Crippen LogP contribution is 2.77. The third-order valence-electron chi connectivity index (χ3n) is 16.8. The number of hydrogen-bond donors (Lipinski definition) is 2. The van der Waals surface area contributed by atoms with Crippen LogP contribution in [-0.2, 0) is 25.7 Å². The van der Waals surface area contributed by atoms with Gasteiger partial charge in [0.1, 0.15) is 6.10 Å². The normalized spacial score (nSPS) is 35.9. The van der Waals surface area contributed by atoms with Crippen molar-refractivity contribution >= 4 is 17.7 Å². The molecule has 0 amide bonds. The number of carbonyl (C=O) groups is 3. The maximum Gasteiger partial charge on any atom is 0.309 e. The first kappa shape index (κ1) is 42.9. The lowest BCUT2D eigenvalue weighted by Crippen LogP contribution is -2.66. The Hall–Kier alpha value is -2.69. The highest BCUT2D eigenvalue weighted by atomic mass is 16.5. The van der Waals surface area contributed by atoms with Gasteiger partial charge in [-0.3, -0.25) is 19.3 Å². The van der Waals surface area contributed by atoms with Crippen molar-refractivity contribution in [1.82, 2.24) is 20.0 Å². The molecule has 5 aliphatic carbocycles. The number of carbonyl (C=O) groups excluding carboxylic acids is 2. The summed E-state index contributed by atoms with van der Waals surface area (Å²) in [6, 6.07) is 3.90. The van der Waals surface area contributed by atoms with Gasteiger partial charge in [-0.2, -0.15) is 10.2 Å². The van der Waals surface area contributed by atoms with E-state index in [0.717, 1.165) is 75.7 Å². The van der Waals surface area contributed by atoms with Crippen molar-refractivity contribution in [1.29, 1.82) is 0 Å². The van der Waals surface area contributed by atoms with Crippen molar-refractivity contribution in [3.63, 3.8) is 0 Å². The van der Waals surface area contributed by atoms with Crippen LogP contribution in [0.15, 0.2) is 29.5 Å². The Morgan fingerprint density at radius 1 is 0.964 bits per heavy atom. The van der Waals surface area contributed by atoms with Crippen LogP contribution in [0, 0.1) is 56.2 Å². The largest absolute Gasteiger partial charge is 0.481 e. The van der Waals surface area contributed by atoms with Crippen LogP contribution in [0.25, 0.3) is 0 Å². The summed E-state index contributed by atoms with van der Waals surface area (Å²) in [5.41, 5.74) is 1.22. The van der Waals surface area contributed by atoms with Gasteiger partial charge in [0.2, 0.25) is 0 Å². The number of aromatic nitrogens is 2. The van der Waals surface area contributed by atoms with Crippen molar-refractivity contribution in [2.75, 3.05) is 33.7 Å². The lowest BCUT2D eigenvalue weighted by molar-refractivity contribution is -0.235. The number of ether oxygens (including phenoxy) is 1. The van der Waals surface area contributed by atoms with E-state index in [0.29, 0.717) is 31.3 Å². The number of hydrogen-bond acceptors (Lipinski definition) is 9. The molecule has 5 aliphatic rings. The smallest absolute Gasteiger partial charge is 0.309 e. The molecule has 1 aromatic rings. The van der Waals surface area contributed by atoms with Gasteiger partial charge in [-0.15, -0.1) is 0 Å². The Morgan fingerprint density at radius 2 is 1.68 bits per heavy atom. The molecule has 10 nitrogen and oxygen atoms in total. The molecule has 9 atom stereocenters. The van der Waals surface area contributed by atoms with E-state index in [4.69, 9.17) is 4.74 Å². The number of carboxylic acid groups (broad SMARTS) is 1. The molecule has 4 fully saturated rings. The highest BCUT2D eigenvalue weighted by Gasteiger charge is 2.71. The SMILES string of the molecule is CC(C)C1=C2C3CCC4C5(C)CCC(OC(=O)CC(C)(C)C(=O)O)C(C)(C)C5CCC4(C)C3(C)CCC2(C(O)CN(CCN(C)C)Cc2cccnn2)CC1=O. The second kappa shape index (κ2) is 15.2. The van der Waals surface area contributed by atoms with Crippen LogP contribution in [0.5, 0.6) is 0 Å². The van der Waals surface area contributed by atoms with Gasteiger partial charge in [0.25, 0.3) is 0 Å². The quantitative estimate of drug-likeness (QED) is 0.193. The van der Waals surface area contributed by atoms with E-state index in [1.165, 1.54) is 5.57 Å². The number of rotatable bonds is 13. The first-order valence-corrected chi connectivity index (χ1v) is 21.6. The van der Waals surface area contributed by atoms with E-state index >= 15 is 0 Å². The maximum atomic E-state index is 14.3. The van der Waals surface area contributed by atoms with Gasteiger partial charge in [0.05, 0.1) is 23.6 Å². The average molecular weight is 777 g/mol. The van der Waals surface area contributed by atoms with Gasteiger partial charge in [0, 0.05) is 49.6 Å². The fraction of sp³-hybridized carbons (Fsp3) is 0.804. The molecule has 0 saturated heterocycles. The molecule has 0 spiro atoms. The van der Waals surface area contributed by atoms with Crippen molar-refractivity contribution in [2.24, 2.45) is 56.2 Å². The maximum absolute atomic E-state index is 14.3. The third kappa shape index (κ3) is 7.09. The van der Waals surface area contributed by atoms with E-state index in [-0.39, 0.29) is 51.8 Å². The molecule has 0 bridgehead atoms. The van der Waals surface area contributed by atoms with E-state index < -0.39 is 28.9 Å². The molecular weight excluding hydrogens is 705 g/mol. The van der Waals surface area contributed by atoms with Crippen LogP contribution in [0.1, 0.15) is 132 Å². The lowest BCUT2D eigenvalue weighted by atomic mass is 9.33. The Bertz CT molecular complexity index is 1690. The van der Waals surface area contributed by atoms with E-state index in [9.17, 15) is 24.6 Å². The summed E-state index contributed by atoms with van der Waals surface area (Å²) < 4.78 is 6.19. The first-order valence-electron chi connectivity index (χ1n) is 21.6. The minimum atomic E-state index is -1.17. The van der Waals surface area contributed by atoms with Gasteiger partial charge in [-0.25, -0.2) is 0 Å². The Labute approximate surface area is 336 Å². The predicted molar refractivity (Wildman–Crippen MR) is 217 cm³/mol. The van der Waals surface area contributed by atoms with Crippen LogP contribution in [-0.4, -0.2) is 93.9 Å². The van der Waals surface area contributed by atoms with Gasteiger partial charge in [-0.05, 0) is 137 Å². The number of Topliss-reactive ketones (excluding diaryl/α,β-unsaturated/α-hetero) is 1. The standard InChI is InChI=1S/C46H72N4O6/c1-29(2)38-32(51)25-46(35(52)28-50(24-23-49(10)11)27-30-13-12-22-47-48-30)21-20-44(8)31(39(38)46)14-15-34-43(7)18-17-36(56-37(53)26-41(3,4)40(54)55)42(5,6)33(43)16-19-45(34,44)9/h12-13,22,29,31,33-36,52H,14-21,23-28H2,1-11H3,(H,54,55). The van der Waals surface area contributed by atoms with Crippen LogP contribution < -0.4 is 0 Å². The molecule has 56 heavy (non-hydrogen) atoms. The van der Waals surface area contributed by atoms with Crippen LogP contribution >= 0.6 is 0 Å². The second-order valence-corrected chi connectivity index (χ2v) is 21.3. The molecule has 4 saturated carbocycles. The highest BCUT2D eigenvalue weighted by molar-refractivity contribution is 6.00. The number of esters is 1. The minimum Gasteiger partial charge on any atom is -0.481 e. The topological polar surface area (TPSA) is 133 Å². The molecule has 1 heterocycles. The summed E-state index contributed by atoms with van der Waals surface area (Å²) in [6.45, 7) is 22.4. The Morgan fingerprint density at radius 3 is 2.30 bits per heavy atom. The average Bonchev–Trinajstić information content (AvgIpc) is 3.42. The lowest BCUT2D eigenvalue weighted by Gasteiger charge is -2.72. The van der Waals surface area contributed by atoms with Crippen LogP contribution in [0.2, 0.25) is 0 Å². The number of aliphatic carboxylic acids is 1. The van der Waals surface area contributed by atoms with Crippen molar-refractivity contribution in [2.45, 2.75) is 145 Å². The van der Waals surface area contributed by atoms with Gasteiger partial charge >= 0.3 is 11.9 Å².